The van der Waals surface area contributed by atoms with Crippen LogP contribution in [-0.4, -0.2) is 29.4 Å². The normalized spacial score (nSPS) is 19.0. The first-order valence-electron chi connectivity index (χ1n) is 6.21. The molecule has 1 aromatic heterocycles. The van der Waals surface area contributed by atoms with E-state index >= 15 is 0 Å². The van der Waals surface area contributed by atoms with Crippen molar-refractivity contribution in [3.63, 3.8) is 0 Å². The van der Waals surface area contributed by atoms with Crippen molar-refractivity contribution < 1.29 is 9.47 Å². The molecule has 0 amide bonds. The summed E-state index contributed by atoms with van der Waals surface area (Å²) in [6, 6.07) is 8.04. The van der Waals surface area contributed by atoms with Crippen LogP contribution in [0.1, 0.15) is 6.42 Å². The van der Waals surface area contributed by atoms with Crippen molar-refractivity contribution in [3.8, 4) is 11.4 Å². The molecule has 2 aromatic rings. The van der Waals surface area contributed by atoms with Gasteiger partial charge >= 0.3 is 0 Å². The zero-order chi connectivity index (χ0) is 12.2. The maximum Gasteiger partial charge on any atom is 0.121 e. The zero-order valence-electron chi connectivity index (χ0n) is 10.2. The van der Waals surface area contributed by atoms with Gasteiger partial charge < -0.3 is 14.0 Å². The average Bonchev–Trinajstić information content (AvgIpc) is 3.10. The van der Waals surface area contributed by atoms with Crippen LogP contribution in [0.2, 0.25) is 0 Å². The third kappa shape index (κ3) is 2.54. The molecule has 4 nitrogen and oxygen atoms in total. The van der Waals surface area contributed by atoms with Gasteiger partial charge in [0.2, 0.25) is 0 Å². The van der Waals surface area contributed by atoms with Gasteiger partial charge in [-0.15, -0.1) is 0 Å². The Hall–Kier alpha value is -1.81. The van der Waals surface area contributed by atoms with Gasteiger partial charge in [-0.2, -0.15) is 0 Å². The van der Waals surface area contributed by atoms with Crippen molar-refractivity contribution in [2.75, 3.05) is 19.8 Å². The van der Waals surface area contributed by atoms with Gasteiger partial charge in [0.05, 0.1) is 25.2 Å². The van der Waals surface area contributed by atoms with Crippen LogP contribution in [-0.2, 0) is 4.74 Å². The number of imidazole rings is 1. The van der Waals surface area contributed by atoms with Crippen molar-refractivity contribution in [1.82, 2.24) is 9.55 Å². The first-order valence-corrected chi connectivity index (χ1v) is 6.21. The third-order valence-electron chi connectivity index (χ3n) is 3.13. The number of benzene rings is 1. The monoisotopic (exact) mass is 244 g/mol. The van der Waals surface area contributed by atoms with E-state index in [0.717, 1.165) is 37.7 Å². The van der Waals surface area contributed by atoms with Crippen molar-refractivity contribution in [2.45, 2.75) is 6.42 Å². The highest BCUT2D eigenvalue weighted by Crippen LogP contribution is 2.19. The molecule has 1 aliphatic rings. The molecule has 0 N–H and O–H groups in total. The van der Waals surface area contributed by atoms with Gasteiger partial charge in [-0.25, -0.2) is 4.98 Å². The van der Waals surface area contributed by atoms with E-state index in [9.17, 15) is 0 Å². The standard InChI is InChI=1S/C14H16N2O2/c1-2-13(16-6-5-15-11-16)8-14(3-1)18-10-12-4-7-17-9-12/h1-3,5-6,8,11-12H,4,7,9-10H2. The Kier molecular flexibility index (Phi) is 3.28. The van der Waals surface area contributed by atoms with Gasteiger partial charge in [0.15, 0.2) is 0 Å². The molecule has 0 saturated carbocycles. The topological polar surface area (TPSA) is 36.3 Å². The molecular weight excluding hydrogens is 228 g/mol. The molecule has 0 spiro atoms. The minimum absolute atomic E-state index is 0.530. The fraction of sp³-hybridized carbons (Fsp3) is 0.357. The molecule has 0 radical (unpaired) electrons. The van der Waals surface area contributed by atoms with Gasteiger partial charge in [-0.05, 0) is 18.6 Å². The fourth-order valence-electron chi connectivity index (χ4n) is 2.07. The summed E-state index contributed by atoms with van der Waals surface area (Å²) in [5, 5.41) is 0. The van der Waals surface area contributed by atoms with Gasteiger partial charge in [0.1, 0.15) is 5.75 Å². The van der Waals surface area contributed by atoms with Gasteiger partial charge in [-0.1, -0.05) is 6.07 Å². The minimum Gasteiger partial charge on any atom is -0.493 e. The summed E-state index contributed by atoms with van der Waals surface area (Å²) in [6.07, 6.45) is 6.57. The molecule has 1 aliphatic heterocycles. The van der Waals surface area contributed by atoms with Gasteiger partial charge in [0, 0.05) is 31.0 Å². The van der Waals surface area contributed by atoms with Crippen molar-refractivity contribution in [3.05, 3.63) is 43.0 Å². The maximum absolute atomic E-state index is 5.81. The summed E-state index contributed by atoms with van der Waals surface area (Å²) < 4.78 is 13.1. The van der Waals surface area contributed by atoms with E-state index in [4.69, 9.17) is 9.47 Å². The number of hydrogen-bond donors (Lipinski definition) is 0. The zero-order valence-corrected chi connectivity index (χ0v) is 10.2. The summed E-state index contributed by atoms with van der Waals surface area (Å²) in [5.74, 6) is 1.43. The molecule has 1 aromatic carbocycles. The maximum atomic E-state index is 5.81. The first kappa shape index (κ1) is 11.3. The molecule has 1 saturated heterocycles. The molecule has 94 valence electrons. The predicted octanol–water partition coefficient (Wildman–Crippen LogP) is 2.29. The van der Waals surface area contributed by atoms with Crippen molar-refractivity contribution in [2.24, 2.45) is 5.92 Å². The smallest absolute Gasteiger partial charge is 0.121 e. The lowest BCUT2D eigenvalue weighted by atomic mass is 10.1. The van der Waals surface area contributed by atoms with Crippen LogP contribution >= 0.6 is 0 Å². The Morgan fingerprint density at radius 2 is 2.44 bits per heavy atom. The summed E-state index contributed by atoms with van der Waals surface area (Å²) >= 11 is 0. The summed E-state index contributed by atoms with van der Waals surface area (Å²) in [5.41, 5.74) is 1.06. The van der Waals surface area contributed by atoms with Crippen molar-refractivity contribution >= 4 is 0 Å². The fourth-order valence-corrected chi connectivity index (χ4v) is 2.07. The van der Waals surface area contributed by atoms with Crippen molar-refractivity contribution in [1.29, 1.82) is 0 Å². The first-order chi connectivity index (χ1) is 8.92. The largest absolute Gasteiger partial charge is 0.493 e. The molecule has 1 fully saturated rings. The highest BCUT2D eigenvalue weighted by Gasteiger charge is 2.16. The Morgan fingerprint density at radius 3 is 3.22 bits per heavy atom. The number of nitrogens with zero attached hydrogens (tertiary/aromatic N) is 2. The van der Waals surface area contributed by atoms with Crippen LogP contribution < -0.4 is 4.74 Å². The number of aromatic nitrogens is 2. The molecule has 0 aliphatic carbocycles. The van der Waals surface area contributed by atoms with Gasteiger partial charge in [0.25, 0.3) is 0 Å². The Balaban J connectivity index is 1.67. The highest BCUT2D eigenvalue weighted by atomic mass is 16.5. The summed E-state index contributed by atoms with van der Waals surface area (Å²) in [4.78, 5) is 4.04. The molecule has 1 unspecified atom stereocenters. The minimum atomic E-state index is 0.530. The number of hydrogen-bond acceptors (Lipinski definition) is 3. The Morgan fingerprint density at radius 1 is 1.44 bits per heavy atom. The second kappa shape index (κ2) is 5.23. The lowest BCUT2D eigenvalue weighted by Crippen LogP contribution is -2.11. The van der Waals surface area contributed by atoms with E-state index < -0.39 is 0 Å². The second-order valence-corrected chi connectivity index (χ2v) is 4.51. The van der Waals surface area contributed by atoms with Crippen LogP contribution in [0.3, 0.4) is 0 Å². The number of rotatable bonds is 4. The Bertz CT molecular complexity index is 490. The quantitative estimate of drug-likeness (QED) is 0.828. The molecule has 3 rings (SSSR count). The summed E-state index contributed by atoms with van der Waals surface area (Å²) in [6.45, 7) is 2.41. The summed E-state index contributed by atoms with van der Waals surface area (Å²) in [7, 11) is 0. The highest BCUT2D eigenvalue weighted by molar-refractivity contribution is 5.39. The van der Waals surface area contributed by atoms with E-state index in [2.05, 4.69) is 4.98 Å². The van der Waals surface area contributed by atoms with Crippen LogP contribution in [0.4, 0.5) is 0 Å². The SMILES string of the molecule is c1cc(OCC2CCOC2)cc(-n2ccnc2)c1. The van der Waals surface area contributed by atoms with Crippen LogP contribution in [0.25, 0.3) is 5.69 Å². The van der Waals surface area contributed by atoms with Gasteiger partial charge in [-0.3, -0.25) is 0 Å². The van der Waals surface area contributed by atoms with E-state index in [0.29, 0.717) is 5.92 Å². The molecule has 0 bridgehead atoms. The molecule has 4 heteroatoms. The lowest BCUT2D eigenvalue weighted by Gasteiger charge is -2.11. The van der Waals surface area contributed by atoms with Crippen LogP contribution in [0.15, 0.2) is 43.0 Å². The van der Waals surface area contributed by atoms with Crippen LogP contribution in [0, 0.1) is 5.92 Å². The predicted molar refractivity (Wildman–Crippen MR) is 68.0 cm³/mol. The average molecular weight is 244 g/mol. The van der Waals surface area contributed by atoms with E-state index in [1.165, 1.54) is 0 Å². The number of ether oxygens (including phenoxy) is 2. The Labute approximate surface area is 106 Å². The molecule has 1 atom stereocenters. The van der Waals surface area contributed by atoms with Crippen LogP contribution in [0.5, 0.6) is 5.75 Å². The lowest BCUT2D eigenvalue weighted by molar-refractivity contribution is 0.167. The van der Waals surface area contributed by atoms with E-state index in [1.54, 1.807) is 12.5 Å². The third-order valence-corrected chi connectivity index (χ3v) is 3.13. The molecular formula is C14H16N2O2. The second-order valence-electron chi connectivity index (χ2n) is 4.51. The molecule has 18 heavy (non-hydrogen) atoms. The molecule has 2 heterocycles. The van der Waals surface area contributed by atoms with E-state index in [1.807, 2.05) is 35.0 Å². The van der Waals surface area contributed by atoms with E-state index in [-0.39, 0.29) is 0 Å².